The van der Waals surface area contributed by atoms with Gasteiger partial charge >= 0.3 is 0 Å². The third-order valence-corrected chi connectivity index (χ3v) is 4.83. The fraction of sp³-hybridized carbons (Fsp3) is 0.312. The average Bonchev–Trinajstić information content (AvgIpc) is 2.73. The number of hydrogen-bond donors (Lipinski definition) is 1. The number of halogens is 1. The molecule has 0 saturated heterocycles. The van der Waals surface area contributed by atoms with E-state index in [1.54, 1.807) is 29.5 Å². The normalized spacial score (nSPS) is 14.4. The zero-order chi connectivity index (χ0) is 13.9. The molecule has 1 aliphatic rings. The fourth-order valence-electron chi connectivity index (χ4n) is 2.53. The molecule has 0 bridgehead atoms. The van der Waals surface area contributed by atoms with Gasteiger partial charge in [0, 0.05) is 4.88 Å². The van der Waals surface area contributed by atoms with Gasteiger partial charge in [-0.25, -0.2) is 4.39 Å². The number of benzene rings is 1. The minimum Gasteiger partial charge on any atom is -0.319 e. The van der Waals surface area contributed by atoms with Crippen LogP contribution in [0.1, 0.15) is 39.4 Å². The summed E-state index contributed by atoms with van der Waals surface area (Å²) in [5, 5.41) is 2.65. The van der Waals surface area contributed by atoms with E-state index < -0.39 is 5.82 Å². The molecule has 0 radical (unpaired) electrons. The number of aryl methyl sites for hydroxylation is 2. The topological polar surface area (TPSA) is 29.1 Å². The summed E-state index contributed by atoms with van der Waals surface area (Å²) in [7, 11) is 0. The van der Waals surface area contributed by atoms with Crippen molar-refractivity contribution in [1.29, 1.82) is 0 Å². The van der Waals surface area contributed by atoms with Gasteiger partial charge in [0.1, 0.15) is 5.82 Å². The van der Waals surface area contributed by atoms with E-state index in [0.717, 1.165) is 12.8 Å². The molecular weight excluding hydrogens is 273 g/mol. The van der Waals surface area contributed by atoms with Gasteiger partial charge < -0.3 is 5.32 Å². The van der Waals surface area contributed by atoms with Crippen LogP contribution in [0, 0.1) is 5.82 Å². The second-order valence-electron chi connectivity index (χ2n) is 5.05. The highest BCUT2D eigenvalue weighted by Crippen LogP contribution is 2.29. The summed E-state index contributed by atoms with van der Waals surface area (Å²) in [5.41, 5.74) is 1.53. The monoisotopic (exact) mass is 289 g/mol. The Bertz CT molecular complexity index is 612. The highest BCUT2D eigenvalue weighted by atomic mass is 32.1. The van der Waals surface area contributed by atoms with E-state index in [9.17, 15) is 9.18 Å². The Hall–Kier alpha value is -1.68. The number of anilines is 1. The van der Waals surface area contributed by atoms with Gasteiger partial charge in [0.25, 0.3) is 5.91 Å². The van der Waals surface area contributed by atoms with Crippen LogP contribution in [0.4, 0.5) is 10.1 Å². The van der Waals surface area contributed by atoms with E-state index in [0.29, 0.717) is 4.88 Å². The summed E-state index contributed by atoms with van der Waals surface area (Å²) in [4.78, 5) is 14.2. The number of thiophene rings is 1. The van der Waals surface area contributed by atoms with Gasteiger partial charge in [-0.05, 0) is 49.4 Å². The molecule has 0 atom stereocenters. The number of amides is 1. The van der Waals surface area contributed by atoms with E-state index in [4.69, 9.17) is 0 Å². The number of hydrogen-bond acceptors (Lipinski definition) is 2. The predicted octanol–water partition coefficient (Wildman–Crippen LogP) is 4.41. The summed E-state index contributed by atoms with van der Waals surface area (Å²) < 4.78 is 13.5. The van der Waals surface area contributed by atoms with Crippen LogP contribution < -0.4 is 5.32 Å². The van der Waals surface area contributed by atoms with Crippen LogP contribution in [0.5, 0.6) is 0 Å². The molecule has 0 unspecified atom stereocenters. The molecule has 2 nitrogen and oxygen atoms in total. The molecular formula is C16H16FNOS. The van der Waals surface area contributed by atoms with Crippen LogP contribution in [0.15, 0.2) is 30.3 Å². The summed E-state index contributed by atoms with van der Waals surface area (Å²) in [6, 6.07) is 8.22. The minimum atomic E-state index is -0.404. The van der Waals surface area contributed by atoms with E-state index in [-0.39, 0.29) is 11.6 Å². The lowest BCUT2D eigenvalue weighted by molar-refractivity contribution is 0.103. The Labute approximate surface area is 121 Å². The Morgan fingerprint density at radius 2 is 1.95 bits per heavy atom. The van der Waals surface area contributed by atoms with Gasteiger partial charge in [-0.3, -0.25) is 4.79 Å². The summed E-state index contributed by atoms with van der Waals surface area (Å²) in [6.45, 7) is 0. The standard InChI is InChI=1S/C16H16FNOS/c17-12-7-4-5-8-13(12)18-16(19)15-10-11-6-2-1-3-9-14(11)20-15/h4-5,7-8,10H,1-3,6,9H2,(H,18,19). The third kappa shape index (κ3) is 2.75. The SMILES string of the molecule is O=C(Nc1ccccc1F)c1cc2c(s1)CCCCC2. The molecule has 1 heterocycles. The predicted molar refractivity (Wildman–Crippen MR) is 79.9 cm³/mol. The summed E-state index contributed by atoms with van der Waals surface area (Å²) in [5.74, 6) is -0.618. The lowest BCUT2D eigenvalue weighted by Gasteiger charge is -2.04. The first-order valence-corrected chi connectivity index (χ1v) is 7.73. The van der Waals surface area contributed by atoms with Gasteiger partial charge in [0.05, 0.1) is 10.6 Å². The fourth-order valence-corrected chi connectivity index (χ4v) is 3.67. The highest BCUT2D eigenvalue weighted by Gasteiger charge is 2.17. The van der Waals surface area contributed by atoms with Gasteiger partial charge in [0.2, 0.25) is 0 Å². The van der Waals surface area contributed by atoms with Crippen LogP contribution in [0.3, 0.4) is 0 Å². The van der Waals surface area contributed by atoms with E-state index >= 15 is 0 Å². The van der Waals surface area contributed by atoms with Gasteiger partial charge in [-0.15, -0.1) is 11.3 Å². The number of fused-ring (bicyclic) bond motifs is 1. The molecule has 0 fully saturated rings. The number of para-hydroxylation sites is 1. The first kappa shape index (κ1) is 13.3. The van der Waals surface area contributed by atoms with E-state index in [1.165, 1.54) is 35.8 Å². The molecule has 104 valence electrons. The molecule has 1 aromatic carbocycles. The maximum Gasteiger partial charge on any atom is 0.265 e. The smallest absolute Gasteiger partial charge is 0.265 e. The molecule has 1 aliphatic carbocycles. The van der Waals surface area contributed by atoms with Crippen molar-refractivity contribution in [3.8, 4) is 0 Å². The summed E-state index contributed by atoms with van der Waals surface area (Å²) in [6.07, 6.45) is 5.77. The van der Waals surface area contributed by atoms with Crippen molar-refractivity contribution in [3.05, 3.63) is 51.5 Å². The maximum atomic E-state index is 13.5. The maximum absolute atomic E-state index is 13.5. The van der Waals surface area contributed by atoms with Crippen molar-refractivity contribution in [2.75, 3.05) is 5.32 Å². The van der Waals surface area contributed by atoms with Crippen LogP contribution in [0.2, 0.25) is 0 Å². The minimum absolute atomic E-state index is 0.215. The molecule has 1 amide bonds. The lowest BCUT2D eigenvalue weighted by Crippen LogP contribution is -2.11. The Morgan fingerprint density at radius 3 is 2.80 bits per heavy atom. The number of carbonyl (C=O) groups is 1. The third-order valence-electron chi connectivity index (χ3n) is 3.59. The first-order chi connectivity index (χ1) is 9.74. The van der Waals surface area contributed by atoms with E-state index in [2.05, 4.69) is 5.32 Å². The van der Waals surface area contributed by atoms with Crippen molar-refractivity contribution >= 4 is 22.9 Å². The molecule has 20 heavy (non-hydrogen) atoms. The molecule has 1 aromatic heterocycles. The molecule has 4 heteroatoms. The van der Waals surface area contributed by atoms with Crippen molar-refractivity contribution in [3.63, 3.8) is 0 Å². The van der Waals surface area contributed by atoms with Crippen molar-refractivity contribution in [2.45, 2.75) is 32.1 Å². The summed E-state index contributed by atoms with van der Waals surface area (Å²) >= 11 is 1.55. The van der Waals surface area contributed by atoms with E-state index in [1.807, 2.05) is 6.07 Å². The van der Waals surface area contributed by atoms with Gasteiger partial charge in [0.15, 0.2) is 0 Å². The Morgan fingerprint density at radius 1 is 1.15 bits per heavy atom. The van der Waals surface area contributed by atoms with Crippen molar-refractivity contribution < 1.29 is 9.18 Å². The molecule has 3 rings (SSSR count). The molecule has 1 N–H and O–H groups in total. The number of nitrogens with one attached hydrogen (secondary N) is 1. The Balaban J connectivity index is 1.79. The molecule has 0 saturated carbocycles. The molecule has 0 spiro atoms. The second kappa shape index (κ2) is 5.75. The van der Waals surface area contributed by atoms with Crippen molar-refractivity contribution in [2.24, 2.45) is 0 Å². The van der Waals surface area contributed by atoms with Crippen LogP contribution in [-0.4, -0.2) is 5.91 Å². The van der Waals surface area contributed by atoms with Crippen LogP contribution >= 0.6 is 11.3 Å². The second-order valence-corrected chi connectivity index (χ2v) is 6.19. The number of rotatable bonds is 2. The van der Waals surface area contributed by atoms with Crippen LogP contribution in [-0.2, 0) is 12.8 Å². The molecule has 2 aromatic rings. The lowest BCUT2D eigenvalue weighted by atomic mass is 10.1. The average molecular weight is 289 g/mol. The molecule has 0 aliphatic heterocycles. The van der Waals surface area contributed by atoms with Crippen molar-refractivity contribution in [1.82, 2.24) is 0 Å². The van der Waals surface area contributed by atoms with Crippen LogP contribution in [0.25, 0.3) is 0 Å². The largest absolute Gasteiger partial charge is 0.319 e. The first-order valence-electron chi connectivity index (χ1n) is 6.91. The highest BCUT2D eigenvalue weighted by molar-refractivity contribution is 7.14. The zero-order valence-corrected chi connectivity index (χ0v) is 11.9. The van der Waals surface area contributed by atoms with Gasteiger partial charge in [-0.1, -0.05) is 18.6 Å². The number of carbonyl (C=O) groups excluding carboxylic acids is 1. The Kier molecular flexibility index (Phi) is 3.83. The van der Waals surface area contributed by atoms with Gasteiger partial charge in [-0.2, -0.15) is 0 Å². The zero-order valence-electron chi connectivity index (χ0n) is 11.1. The quantitative estimate of drug-likeness (QED) is 0.815.